The average Bonchev–Trinajstić information content (AvgIpc) is 3.06. The summed E-state index contributed by atoms with van der Waals surface area (Å²) >= 11 is 0. The minimum absolute atomic E-state index is 0.0269. The van der Waals surface area contributed by atoms with Crippen LogP contribution in [0.25, 0.3) is 0 Å². The second-order valence-corrected chi connectivity index (χ2v) is 5.57. The molecule has 1 fully saturated rings. The second kappa shape index (κ2) is 5.01. The number of aryl methyl sites for hydroxylation is 1. The van der Waals surface area contributed by atoms with Gasteiger partial charge in [-0.05, 0) is 49.8 Å². The molecule has 2 rings (SSSR count). The standard InChI is InChI=1S/C15H22N2O/c1-4-16-13-9-11(2)5-6-12(13)14(18)17-10-15(3)7-8-15/h5-6,9,16H,4,7-8,10H2,1-3H3,(H,17,18). The lowest BCUT2D eigenvalue weighted by Crippen LogP contribution is -2.29. The molecule has 0 bridgehead atoms. The molecule has 0 atom stereocenters. The van der Waals surface area contributed by atoms with Crippen LogP contribution in [-0.4, -0.2) is 19.0 Å². The molecule has 0 aliphatic heterocycles. The van der Waals surface area contributed by atoms with Gasteiger partial charge in [-0.15, -0.1) is 0 Å². The molecule has 0 aromatic heterocycles. The molecule has 1 saturated carbocycles. The van der Waals surface area contributed by atoms with Gasteiger partial charge in [0.2, 0.25) is 0 Å². The maximum Gasteiger partial charge on any atom is 0.253 e. The molecule has 3 heteroatoms. The Kier molecular flexibility index (Phi) is 3.60. The van der Waals surface area contributed by atoms with Crippen LogP contribution in [0.2, 0.25) is 0 Å². The van der Waals surface area contributed by atoms with E-state index in [-0.39, 0.29) is 5.91 Å². The van der Waals surface area contributed by atoms with Crippen LogP contribution in [0.5, 0.6) is 0 Å². The fourth-order valence-corrected chi connectivity index (χ4v) is 1.97. The van der Waals surface area contributed by atoms with Crippen LogP contribution < -0.4 is 10.6 Å². The fraction of sp³-hybridized carbons (Fsp3) is 0.533. The second-order valence-electron chi connectivity index (χ2n) is 5.57. The fourth-order valence-electron chi connectivity index (χ4n) is 1.97. The first-order chi connectivity index (χ1) is 8.54. The third-order valence-electron chi connectivity index (χ3n) is 3.57. The van der Waals surface area contributed by atoms with Gasteiger partial charge in [-0.2, -0.15) is 0 Å². The van der Waals surface area contributed by atoms with Crippen molar-refractivity contribution in [1.29, 1.82) is 0 Å². The molecule has 0 spiro atoms. The molecule has 1 aliphatic rings. The Hall–Kier alpha value is -1.51. The molecule has 18 heavy (non-hydrogen) atoms. The molecule has 2 N–H and O–H groups in total. The predicted octanol–water partition coefficient (Wildman–Crippen LogP) is 2.96. The number of hydrogen-bond donors (Lipinski definition) is 2. The predicted molar refractivity (Wildman–Crippen MR) is 75.0 cm³/mol. The maximum absolute atomic E-state index is 12.2. The number of anilines is 1. The van der Waals surface area contributed by atoms with Gasteiger partial charge < -0.3 is 10.6 Å². The van der Waals surface area contributed by atoms with Gasteiger partial charge in [0.25, 0.3) is 5.91 Å². The number of benzene rings is 1. The first kappa shape index (κ1) is 12.9. The van der Waals surface area contributed by atoms with Crippen LogP contribution in [0.4, 0.5) is 5.69 Å². The van der Waals surface area contributed by atoms with Crippen molar-refractivity contribution in [1.82, 2.24) is 5.32 Å². The van der Waals surface area contributed by atoms with Crippen molar-refractivity contribution in [2.45, 2.75) is 33.6 Å². The highest BCUT2D eigenvalue weighted by molar-refractivity contribution is 5.99. The minimum Gasteiger partial charge on any atom is -0.385 e. The van der Waals surface area contributed by atoms with Crippen LogP contribution in [0.15, 0.2) is 18.2 Å². The Bertz CT molecular complexity index is 450. The van der Waals surface area contributed by atoms with Gasteiger partial charge in [0.1, 0.15) is 0 Å². The molecule has 98 valence electrons. The van der Waals surface area contributed by atoms with Crippen molar-refractivity contribution in [2.24, 2.45) is 5.41 Å². The zero-order chi connectivity index (χ0) is 13.2. The first-order valence-electron chi connectivity index (χ1n) is 6.67. The third-order valence-corrected chi connectivity index (χ3v) is 3.57. The van der Waals surface area contributed by atoms with Crippen LogP contribution in [0.3, 0.4) is 0 Å². The Morgan fingerprint density at radius 3 is 2.72 bits per heavy atom. The summed E-state index contributed by atoms with van der Waals surface area (Å²) in [6.07, 6.45) is 2.45. The van der Waals surface area contributed by atoms with Crippen LogP contribution in [0, 0.1) is 12.3 Å². The normalized spacial score (nSPS) is 16.2. The largest absolute Gasteiger partial charge is 0.385 e. The number of rotatable bonds is 5. The van der Waals surface area contributed by atoms with E-state index in [1.165, 1.54) is 12.8 Å². The Labute approximate surface area is 109 Å². The van der Waals surface area contributed by atoms with Crippen LogP contribution >= 0.6 is 0 Å². The number of carbonyl (C=O) groups excluding carboxylic acids is 1. The lowest BCUT2D eigenvalue weighted by atomic mass is 10.1. The van der Waals surface area contributed by atoms with Gasteiger partial charge in [-0.3, -0.25) is 4.79 Å². The number of nitrogens with one attached hydrogen (secondary N) is 2. The van der Waals surface area contributed by atoms with E-state index < -0.39 is 0 Å². The van der Waals surface area contributed by atoms with Gasteiger partial charge in [0.15, 0.2) is 0 Å². The Morgan fingerprint density at radius 1 is 1.39 bits per heavy atom. The summed E-state index contributed by atoms with van der Waals surface area (Å²) in [5.74, 6) is 0.0269. The summed E-state index contributed by atoms with van der Waals surface area (Å²) in [6, 6.07) is 5.91. The smallest absolute Gasteiger partial charge is 0.253 e. The SMILES string of the molecule is CCNc1cc(C)ccc1C(=O)NCC1(C)CC1. The van der Waals surface area contributed by atoms with E-state index in [0.29, 0.717) is 5.41 Å². The molecule has 1 aromatic carbocycles. The molecule has 1 aliphatic carbocycles. The van der Waals surface area contributed by atoms with E-state index in [1.807, 2.05) is 32.0 Å². The number of amides is 1. The van der Waals surface area contributed by atoms with E-state index in [4.69, 9.17) is 0 Å². The summed E-state index contributed by atoms with van der Waals surface area (Å²) in [5.41, 5.74) is 3.18. The van der Waals surface area contributed by atoms with Crippen molar-refractivity contribution < 1.29 is 4.79 Å². The summed E-state index contributed by atoms with van der Waals surface area (Å²) in [4.78, 5) is 12.2. The summed E-state index contributed by atoms with van der Waals surface area (Å²) < 4.78 is 0. The highest BCUT2D eigenvalue weighted by Gasteiger charge is 2.37. The van der Waals surface area contributed by atoms with Crippen molar-refractivity contribution >= 4 is 11.6 Å². The first-order valence-corrected chi connectivity index (χ1v) is 6.67. The summed E-state index contributed by atoms with van der Waals surface area (Å²) in [7, 11) is 0. The quantitative estimate of drug-likeness (QED) is 0.838. The van der Waals surface area contributed by atoms with Crippen molar-refractivity contribution in [3.05, 3.63) is 29.3 Å². The van der Waals surface area contributed by atoms with E-state index in [0.717, 1.165) is 29.9 Å². The van der Waals surface area contributed by atoms with Crippen molar-refractivity contribution in [2.75, 3.05) is 18.4 Å². The summed E-state index contributed by atoms with van der Waals surface area (Å²) in [5, 5.41) is 6.29. The molecule has 0 saturated heterocycles. The van der Waals surface area contributed by atoms with Gasteiger partial charge in [0.05, 0.1) is 5.56 Å². The monoisotopic (exact) mass is 246 g/mol. The van der Waals surface area contributed by atoms with E-state index in [1.54, 1.807) is 0 Å². The van der Waals surface area contributed by atoms with Gasteiger partial charge in [-0.1, -0.05) is 13.0 Å². The highest BCUT2D eigenvalue weighted by atomic mass is 16.1. The molecular formula is C15H22N2O. The zero-order valence-corrected chi connectivity index (χ0v) is 11.5. The highest BCUT2D eigenvalue weighted by Crippen LogP contribution is 2.44. The van der Waals surface area contributed by atoms with Crippen molar-refractivity contribution in [3.63, 3.8) is 0 Å². The molecule has 0 radical (unpaired) electrons. The lowest BCUT2D eigenvalue weighted by molar-refractivity contribution is 0.0947. The molecule has 1 amide bonds. The van der Waals surface area contributed by atoms with E-state index in [9.17, 15) is 4.79 Å². The van der Waals surface area contributed by atoms with Crippen molar-refractivity contribution in [3.8, 4) is 0 Å². The Balaban J connectivity index is 2.08. The lowest BCUT2D eigenvalue weighted by Gasteiger charge is -2.14. The zero-order valence-electron chi connectivity index (χ0n) is 11.5. The van der Waals surface area contributed by atoms with Gasteiger partial charge in [0, 0.05) is 18.8 Å². The minimum atomic E-state index is 0.0269. The average molecular weight is 246 g/mol. The maximum atomic E-state index is 12.2. The molecule has 0 heterocycles. The number of hydrogen-bond acceptors (Lipinski definition) is 2. The van der Waals surface area contributed by atoms with E-state index >= 15 is 0 Å². The Morgan fingerprint density at radius 2 is 2.11 bits per heavy atom. The molecule has 3 nitrogen and oxygen atoms in total. The van der Waals surface area contributed by atoms with Crippen LogP contribution in [-0.2, 0) is 0 Å². The molecule has 0 unspecified atom stereocenters. The summed E-state index contributed by atoms with van der Waals surface area (Å²) in [6.45, 7) is 7.89. The molecular weight excluding hydrogens is 224 g/mol. The number of carbonyl (C=O) groups is 1. The topological polar surface area (TPSA) is 41.1 Å². The van der Waals surface area contributed by atoms with Gasteiger partial charge in [-0.25, -0.2) is 0 Å². The van der Waals surface area contributed by atoms with Crippen LogP contribution in [0.1, 0.15) is 42.6 Å². The molecule has 1 aromatic rings. The third kappa shape index (κ3) is 3.03. The van der Waals surface area contributed by atoms with E-state index in [2.05, 4.69) is 17.6 Å². The van der Waals surface area contributed by atoms with Gasteiger partial charge >= 0.3 is 0 Å².